The second-order valence-electron chi connectivity index (χ2n) is 4.61. The molecule has 0 aromatic heterocycles. The first-order valence-electron chi connectivity index (χ1n) is 6.69. The average Bonchev–Trinajstić information content (AvgIpc) is 2.47. The van der Waals surface area contributed by atoms with Gasteiger partial charge in [0.05, 0.1) is 5.75 Å². The van der Waals surface area contributed by atoms with Crippen LogP contribution in [0, 0.1) is 5.82 Å². The molecule has 20 heavy (non-hydrogen) atoms. The van der Waals surface area contributed by atoms with E-state index in [-0.39, 0.29) is 11.6 Å². The first-order valence-corrected chi connectivity index (χ1v) is 7.68. The molecule has 0 fully saturated rings. The van der Waals surface area contributed by atoms with E-state index in [1.54, 1.807) is 12.1 Å². The van der Waals surface area contributed by atoms with Gasteiger partial charge in [-0.25, -0.2) is 4.39 Å². The lowest BCUT2D eigenvalue weighted by atomic mass is 10.1. The second-order valence-corrected chi connectivity index (χ2v) is 5.66. The average molecular weight is 288 g/mol. The molecule has 0 heterocycles. The van der Waals surface area contributed by atoms with Gasteiger partial charge in [0.25, 0.3) is 0 Å². The number of benzene rings is 2. The number of hydrogen-bond acceptors (Lipinski definition) is 2. The van der Waals surface area contributed by atoms with Crippen LogP contribution in [0.2, 0.25) is 0 Å². The van der Waals surface area contributed by atoms with Crippen LogP contribution < -0.4 is 0 Å². The van der Waals surface area contributed by atoms with Crippen LogP contribution in [-0.2, 0) is 6.42 Å². The fourth-order valence-corrected chi connectivity index (χ4v) is 2.70. The zero-order valence-electron chi connectivity index (χ0n) is 11.4. The van der Waals surface area contributed by atoms with Crippen molar-refractivity contribution in [3.8, 4) is 0 Å². The van der Waals surface area contributed by atoms with E-state index in [0.717, 1.165) is 23.3 Å². The molecule has 0 aliphatic heterocycles. The molecule has 0 saturated heterocycles. The third-order valence-corrected chi connectivity index (χ3v) is 4.01. The molecule has 0 aliphatic carbocycles. The minimum Gasteiger partial charge on any atom is -0.293 e. The number of Topliss-reactive ketones (excluding diaryl/α,β-unsaturated/α-hetero) is 1. The summed E-state index contributed by atoms with van der Waals surface area (Å²) in [6.45, 7) is 2.14. The maximum absolute atomic E-state index is 12.8. The van der Waals surface area contributed by atoms with Crippen LogP contribution in [0.5, 0.6) is 0 Å². The zero-order valence-corrected chi connectivity index (χ0v) is 12.3. The highest BCUT2D eigenvalue weighted by Crippen LogP contribution is 2.19. The molecular weight excluding hydrogens is 271 g/mol. The number of carbonyl (C=O) groups is 1. The van der Waals surface area contributed by atoms with Crippen LogP contribution >= 0.6 is 11.8 Å². The van der Waals surface area contributed by atoms with E-state index in [0.29, 0.717) is 5.75 Å². The summed E-state index contributed by atoms with van der Waals surface area (Å²) in [4.78, 5) is 13.0. The number of ketones is 1. The van der Waals surface area contributed by atoms with Crippen molar-refractivity contribution in [2.75, 3.05) is 5.75 Å². The Kier molecular flexibility index (Phi) is 5.36. The Morgan fingerprint density at radius 1 is 1.05 bits per heavy atom. The largest absolute Gasteiger partial charge is 0.293 e. The summed E-state index contributed by atoms with van der Waals surface area (Å²) >= 11 is 1.43. The summed E-state index contributed by atoms with van der Waals surface area (Å²) in [6, 6.07) is 14.0. The van der Waals surface area contributed by atoms with Gasteiger partial charge < -0.3 is 0 Å². The number of halogens is 1. The van der Waals surface area contributed by atoms with E-state index in [2.05, 4.69) is 6.92 Å². The SMILES string of the molecule is CCCc1ccc(C(=O)CSc2ccc(F)cc2)cc1. The zero-order chi connectivity index (χ0) is 14.4. The lowest BCUT2D eigenvalue weighted by molar-refractivity contribution is 0.102. The van der Waals surface area contributed by atoms with E-state index >= 15 is 0 Å². The van der Waals surface area contributed by atoms with E-state index in [1.807, 2.05) is 24.3 Å². The van der Waals surface area contributed by atoms with Crippen molar-refractivity contribution >= 4 is 17.5 Å². The molecule has 2 rings (SSSR count). The smallest absolute Gasteiger partial charge is 0.173 e. The minimum absolute atomic E-state index is 0.0994. The standard InChI is InChI=1S/C17H17FOS/c1-2-3-13-4-6-14(7-5-13)17(19)12-20-16-10-8-15(18)9-11-16/h4-11H,2-3,12H2,1H3. The predicted octanol–water partition coefficient (Wildman–Crippen LogP) is 4.75. The van der Waals surface area contributed by atoms with Crippen molar-refractivity contribution in [2.24, 2.45) is 0 Å². The van der Waals surface area contributed by atoms with Crippen LogP contribution in [-0.4, -0.2) is 11.5 Å². The van der Waals surface area contributed by atoms with Crippen LogP contribution in [0.1, 0.15) is 29.3 Å². The summed E-state index contributed by atoms with van der Waals surface area (Å²) < 4.78 is 12.8. The summed E-state index contributed by atoms with van der Waals surface area (Å²) in [5.74, 6) is 0.216. The third-order valence-electron chi connectivity index (χ3n) is 3.00. The monoisotopic (exact) mass is 288 g/mol. The number of aryl methyl sites for hydroxylation is 1. The van der Waals surface area contributed by atoms with Crippen molar-refractivity contribution in [1.29, 1.82) is 0 Å². The summed E-state index contributed by atoms with van der Waals surface area (Å²) in [5, 5.41) is 0. The molecule has 0 amide bonds. The molecule has 2 aromatic rings. The molecule has 0 N–H and O–H groups in total. The third kappa shape index (κ3) is 4.20. The lowest BCUT2D eigenvalue weighted by Crippen LogP contribution is -2.02. The molecule has 3 heteroatoms. The van der Waals surface area contributed by atoms with E-state index in [4.69, 9.17) is 0 Å². The fraction of sp³-hybridized carbons (Fsp3) is 0.235. The van der Waals surface area contributed by atoms with Crippen molar-refractivity contribution in [3.63, 3.8) is 0 Å². The second kappa shape index (κ2) is 7.25. The number of carbonyl (C=O) groups excluding carboxylic acids is 1. The highest BCUT2D eigenvalue weighted by atomic mass is 32.2. The Bertz CT molecular complexity index is 561. The summed E-state index contributed by atoms with van der Waals surface area (Å²) in [7, 11) is 0. The Hall–Kier alpha value is -1.61. The van der Waals surface area contributed by atoms with Gasteiger partial charge in [-0.2, -0.15) is 0 Å². The van der Waals surface area contributed by atoms with Gasteiger partial charge in [-0.15, -0.1) is 11.8 Å². The van der Waals surface area contributed by atoms with Gasteiger partial charge in [0.2, 0.25) is 0 Å². The van der Waals surface area contributed by atoms with Gasteiger partial charge >= 0.3 is 0 Å². The first kappa shape index (κ1) is 14.8. The van der Waals surface area contributed by atoms with Crippen LogP contribution in [0.4, 0.5) is 4.39 Å². The van der Waals surface area contributed by atoms with E-state index in [9.17, 15) is 9.18 Å². The van der Waals surface area contributed by atoms with Gasteiger partial charge in [-0.05, 0) is 36.2 Å². The number of thioether (sulfide) groups is 1. The van der Waals surface area contributed by atoms with Gasteiger partial charge in [-0.1, -0.05) is 37.6 Å². The molecule has 0 saturated carbocycles. The van der Waals surface area contributed by atoms with Gasteiger partial charge in [0, 0.05) is 10.5 Å². The molecule has 1 nitrogen and oxygen atoms in total. The van der Waals surface area contributed by atoms with Gasteiger partial charge in [-0.3, -0.25) is 4.79 Å². The molecule has 0 spiro atoms. The summed E-state index contributed by atoms with van der Waals surface area (Å²) in [5.41, 5.74) is 2.00. The van der Waals surface area contributed by atoms with Gasteiger partial charge in [0.15, 0.2) is 5.78 Å². The van der Waals surface area contributed by atoms with Gasteiger partial charge in [0.1, 0.15) is 5.82 Å². The normalized spacial score (nSPS) is 10.5. The van der Waals surface area contributed by atoms with Crippen LogP contribution in [0.15, 0.2) is 53.4 Å². The van der Waals surface area contributed by atoms with Crippen LogP contribution in [0.3, 0.4) is 0 Å². The highest BCUT2D eigenvalue weighted by Gasteiger charge is 2.06. The summed E-state index contributed by atoms with van der Waals surface area (Å²) in [6.07, 6.45) is 2.15. The molecule has 0 atom stereocenters. The van der Waals surface area contributed by atoms with Crippen LogP contribution in [0.25, 0.3) is 0 Å². The molecule has 0 radical (unpaired) electrons. The van der Waals surface area contributed by atoms with Crippen molar-refractivity contribution < 1.29 is 9.18 Å². The lowest BCUT2D eigenvalue weighted by Gasteiger charge is -2.03. The Balaban J connectivity index is 1.92. The predicted molar refractivity (Wildman–Crippen MR) is 81.9 cm³/mol. The quantitative estimate of drug-likeness (QED) is 0.563. The number of rotatable bonds is 6. The topological polar surface area (TPSA) is 17.1 Å². The molecule has 0 aliphatic rings. The molecule has 2 aromatic carbocycles. The number of hydrogen-bond donors (Lipinski definition) is 0. The van der Waals surface area contributed by atoms with Crippen molar-refractivity contribution in [3.05, 3.63) is 65.5 Å². The Morgan fingerprint density at radius 2 is 1.70 bits per heavy atom. The Labute approximate surface area is 123 Å². The Morgan fingerprint density at radius 3 is 2.30 bits per heavy atom. The molecule has 0 unspecified atom stereocenters. The minimum atomic E-state index is -0.257. The van der Waals surface area contributed by atoms with E-state index < -0.39 is 0 Å². The molecule has 0 bridgehead atoms. The van der Waals surface area contributed by atoms with Crippen molar-refractivity contribution in [1.82, 2.24) is 0 Å². The molecule has 104 valence electrons. The van der Waals surface area contributed by atoms with E-state index in [1.165, 1.54) is 29.5 Å². The van der Waals surface area contributed by atoms with Crippen molar-refractivity contribution in [2.45, 2.75) is 24.7 Å². The first-order chi connectivity index (χ1) is 9.69. The maximum Gasteiger partial charge on any atom is 0.173 e. The molecular formula is C17H17FOS. The fourth-order valence-electron chi connectivity index (χ4n) is 1.91. The highest BCUT2D eigenvalue weighted by molar-refractivity contribution is 8.00. The maximum atomic E-state index is 12.8.